The average molecular weight is 481 g/mol. The van der Waals surface area contributed by atoms with Gasteiger partial charge in [0.25, 0.3) is 10.0 Å². The number of carbonyl (C=O) groups excluding carboxylic acids is 1. The van der Waals surface area contributed by atoms with E-state index < -0.39 is 10.0 Å². The maximum absolute atomic E-state index is 13.6. The van der Waals surface area contributed by atoms with Crippen molar-refractivity contribution in [3.63, 3.8) is 0 Å². The first-order chi connectivity index (χ1) is 16.3. The second-order valence-electron chi connectivity index (χ2n) is 8.22. The highest BCUT2D eigenvalue weighted by Crippen LogP contribution is 2.32. The number of nitrogens with one attached hydrogen (secondary N) is 1. The lowest BCUT2D eigenvalue weighted by Gasteiger charge is -2.26. The third-order valence-corrected chi connectivity index (χ3v) is 7.22. The first kappa shape index (κ1) is 25.3. The standard InChI is InChI=1S/C27H32N2O4S/c1-4-33-26-13-9-8-12-25(26)29(34(31,32)24-18-14-21(2)15-19-24)20-27(30)28-22(3)16-17-23-10-6-5-7-11-23/h5-15,18-19,22H,4,16-17,20H2,1-3H3,(H,28,30)/t22-/m0/s1. The van der Waals surface area contributed by atoms with Crippen molar-refractivity contribution >= 4 is 21.6 Å². The van der Waals surface area contributed by atoms with Crippen molar-refractivity contribution in [2.45, 2.75) is 44.6 Å². The molecule has 6 nitrogen and oxygen atoms in total. The monoisotopic (exact) mass is 480 g/mol. The Bertz CT molecular complexity index is 1180. The van der Waals surface area contributed by atoms with Gasteiger partial charge in [0.15, 0.2) is 0 Å². The molecule has 3 aromatic carbocycles. The Labute approximate surface area is 202 Å². The number of para-hydroxylation sites is 2. The van der Waals surface area contributed by atoms with Gasteiger partial charge in [0.05, 0.1) is 17.2 Å². The summed E-state index contributed by atoms with van der Waals surface area (Å²) in [5.41, 5.74) is 2.47. The summed E-state index contributed by atoms with van der Waals surface area (Å²) in [5.74, 6) is 0.0353. The van der Waals surface area contributed by atoms with Crippen LogP contribution < -0.4 is 14.4 Å². The van der Waals surface area contributed by atoms with Gasteiger partial charge in [-0.15, -0.1) is 0 Å². The van der Waals surface area contributed by atoms with Crippen LogP contribution in [-0.2, 0) is 21.2 Å². The summed E-state index contributed by atoms with van der Waals surface area (Å²) >= 11 is 0. The second kappa shape index (κ2) is 11.7. The van der Waals surface area contributed by atoms with Crippen molar-refractivity contribution in [2.24, 2.45) is 0 Å². The fraction of sp³-hybridized carbons (Fsp3) is 0.296. The van der Waals surface area contributed by atoms with Gasteiger partial charge in [-0.3, -0.25) is 9.10 Å². The van der Waals surface area contributed by atoms with Gasteiger partial charge in [0.2, 0.25) is 5.91 Å². The lowest BCUT2D eigenvalue weighted by atomic mass is 10.1. The van der Waals surface area contributed by atoms with Crippen molar-refractivity contribution in [1.82, 2.24) is 5.32 Å². The Kier molecular flexibility index (Phi) is 8.71. The van der Waals surface area contributed by atoms with Crippen LogP contribution in [0.1, 0.15) is 31.4 Å². The van der Waals surface area contributed by atoms with E-state index in [0.29, 0.717) is 18.0 Å². The van der Waals surface area contributed by atoms with Crippen LogP contribution in [0.25, 0.3) is 0 Å². The molecule has 1 amide bonds. The van der Waals surface area contributed by atoms with Gasteiger partial charge in [-0.05, 0) is 63.4 Å². The fourth-order valence-corrected chi connectivity index (χ4v) is 5.06. The Morgan fingerprint density at radius 1 is 0.971 bits per heavy atom. The molecule has 0 spiro atoms. The van der Waals surface area contributed by atoms with Gasteiger partial charge >= 0.3 is 0 Å². The first-order valence-electron chi connectivity index (χ1n) is 11.5. The lowest BCUT2D eigenvalue weighted by molar-refractivity contribution is -0.120. The molecule has 0 fully saturated rings. The van der Waals surface area contributed by atoms with E-state index in [1.165, 1.54) is 5.56 Å². The van der Waals surface area contributed by atoms with Gasteiger partial charge in [-0.25, -0.2) is 8.42 Å². The molecule has 3 rings (SSSR count). The molecule has 34 heavy (non-hydrogen) atoms. The highest BCUT2D eigenvalue weighted by molar-refractivity contribution is 7.92. The molecule has 0 aliphatic heterocycles. The molecular formula is C27H32N2O4S. The zero-order valence-electron chi connectivity index (χ0n) is 19.9. The van der Waals surface area contributed by atoms with Gasteiger partial charge in [0.1, 0.15) is 12.3 Å². The molecule has 0 saturated carbocycles. The fourth-order valence-electron chi connectivity index (χ4n) is 3.63. The first-order valence-corrected chi connectivity index (χ1v) is 12.9. The predicted molar refractivity (Wildman–Crippen MR) is 136 cm³/mol. The van der Waals surface area contributed by atoms with Crippen LogP contribution in [0.3, 0.4) is 0 Å². The van der Waals surface area contributed by atoms with Crippen molar-refractivity contribution in [1.29, 1.82) is 0 Å². The summed E-state index contributed by atoms with van der Waals surface area (Å²) in [6, 6.07) is 23.4. The molecule has 7 heteroatoms. The summed E-state index contributed by atoms with van der Waals surface area (Å²) in [5, 5.41) is 2.95. The summed E-state index contributed by atoms with van der Waals surface area (Å²) in [6.45, 7) is 5.67. The Morgan fingerprint density at radius 2 is 1.62 bits per heavy atom. The van der Waals surface area contributed by atoms with Gasteiger partial charge < -0.3 is 10.1 Å². The van der Waals surface area contributed by atoms with E-state index >= 15 is 0 Å². The highest BCUT2D eigenvalue weighted by Gasteiger charge is 2.29. The van der Waals surface area contributed by atoms with Crippen LogP contribution in [0.5, 0.6) is 5.75 Å². The molecule has 0 aliphatic carbocycles. The van der Waals surface area contributed by atoms with Gasteiger partial charge in [-0.1, -0.05) is 60.2 Å². The number of hydrogen-bond acceptors (Lipinski definition) is 4. The summed E-state index contributed by atoms with van der Waals surface area (Å²) < 4.78 is 34.1. The topological polar surface area (TPSA) is 75.7 Å². The molecule has 0 radical (unpaired) electrons. The zero-order valence-corrected chi connectivity index (χ0v) is 20.7. The SMILES string of the molecule is CCOc1ccccc1N(CC(=O)N[C@@H](C)CCc1ccccc1)S(=O)(=O)c1ccc(C)cc1. The molecule has 0 aromatic heterocycles. The van der Waals surface area contributed by atoms with Gasteiger partial charge in [0, 0.05) is 6.04 Å². The number of carbonyl (C=O) groups is 1. The Morgan fingerprint density at radius 3 is 2.29 bits per heavy atom. The maximum Gasteiger partial charge on any atom is 0.264 e. The molecule has 180 valence electrons. The van der Waals surface area contributed by atoms with Crippen LogP contribution >= 0.6 is 0 Å². The normalized spacial score (nSPS) is 12.1. The van der Waals surface area contributed by atoms with Crippen molar-refractivity contribution < 1.29 is 17.9 Å². The minimum Gasteiger partial charge on any atom is -0.492 e. The van der Waals surface area contributed by atoms with E-state index in [1.54, 1.807) is 48.5 Å². The number of amides is 1. The van der Waals surface area contributed by atoms with Crippen LogP contribution in [0.2, 0.25) is 0 Å². The molecule has 1 N–H and O–H groups in total. The van der Waals surface area contributed by atoms with Crippen LogP contribution in [0.4, 0.5) is 5.69 Å². The van der Waals surface area contributed by atoms with Crippen LogP contribution in [-0.4, -0.2) is 33.5 Å². The number of anilines is 1. The van der Waals surface area contributed by atoms with Crippen molar-refractivity contribution in [2.75, 3.05) is 17.5 Å². The molecular weight excluding hydrogens is 448 g/mol. The van der Waals surface area contributed by atoms with Crippen molar-refractivity contribution in [3.05, 3.63) is 90.0 Å². The van der Waals surface area contributed by atoms with Gasteiger partial charge in [-0.2, -0.15) is 0 Å². The molecule has 3 aromatic rings. The molecule has 0 heterocycles. The predicted octanol–water partition coefficient (Wildman–Crippen LogP) is 4.73. The number of aryl methyl sites for hydroxylation is 2. The minimum absolute atomic E-state index is 0.112. The van der Waals surface area contributed by atoms with E-state index in [0.717, 1.165) is 22.7 Å². The minimum atomic E-state index is -4.01. The zero-order chi connectivity index (χ0) is 24.6. The van der Waals surface area contributed by atoms with E-state index in [4.69, 9.17) is 4.74 Å². The summed E-state index contributed by atoms with van der Waals surface area (Å²) in [7, 11) is -4.01. The lowest BCUT2D eigenvalue weighted by Crippen LogP contribution is -2.43. The molecule has 0 unspecified atom stereocenters. The number of hydrogen-bond donors (Lipinski definition) is 1. The third-order valence-electron chi connectivity index (χ3n) is 5.45. The number of ether oxygens (including phenoxy) is 1. The van der Waals surface area contributed by atoms with E-state index in [-0.39, 0.29) is 23.4 Å². The number of benzene rings is 3. The van der Waals surface area contributed by atoms with E-state index in [1.807, 2.05) is 39.0 Å². The maximum atomic E-state index is 13.6. The Hall–Kier alpha value is -3.32. The Balaban J connectivity index is 1.82. The third kappa shape index (κ3) is 6.60. The number of nitrogens with zero attached hydrogens (tertiary/aromatic N) is 1. The van der Waals surface area contributed by atoms with Crippen LogP contribution in [0, 0.1) is 6.92 Å². The average Bonchev–Trinajstić information content (AvgIpc) is 2.83. The summed E-state index contributed by atoms with van der Waals surface area (Å²) in [4.78, 5) is 13.1. The molecule has 0 bridgehead atoms. The quantitative estimate of drug-likeness (QED) is 0.431. The molecule has 0 aliphatic rings. The number of rotatable bonds is 11. The van der Waals surface area contributed by atoms with Crippen LogP contribution in [0.15, 0.2) is 83.8 Å². The summed E-state index contributed by atoms with van der Waals surface area (Å²) in [6.07, 6.45) is 1.57. The number of sulfonamides is 1. The smallest absolute Gasteiger partial charge is 0.264 e. The molecule has 1 atom stereocenters. The van der Waals surface area contributed by atoms with E-state index in [2.05, 4.69) is 17.4 Å². The highest BCUT2D eigenvalue weighted by atomic mass is 32.2. The second-order valence-corrected chi connectivity index (χ2v) is 10.1. The molecule has 0 saturated heterocycles. The van der Waals surface area contributed by atoms with Crippen molar-refractivity contribution in [3.8, 4) is 5.75 Å². The largest absolute Gasteiger partial charge is 0.492 e. The van der Waals surface area contributed by atoms with E-state index in [9.17, 15) is 13.2 Å².